The van der Waals surface area contributed by atoms with E-state index >= 15 is 0 Å². The maximum absolute atomic E-state index is 12.6. The molecule has 0 saturated carbocycles. The number of nitrogens with zero attached hydrogens (tertiary/aromatic N) is 4. The molecule has 0 aliphatic heterocycles. The highest BCUT2D eigenvalue weighted by Gasteiger charge is 2.17. The minimum absolute atomic E-state index is 0.123. The number of hydrogen-bond acceptors (Lipinski definition) is 7. The number of thioether (sulfide) groups is 2. The fourth-order valence-electron chi connectivity index (χ4n) is 3.32. The van der Waals surface area contributed by atoms with Gasteiger partial charge in [0.15, 0.2) is 10.3 Å². The van der Waals surface area contributed by atoms with E-state index in [1.807, 2.05) is 59.2 Å². The van der Waals surface area contributed by atoms with E-state index < -0.39 is 0 Å². The molecule has 170 valence electrons. The number of para-hydroxylation sites is 2. The van der Waals surface area contributed by atoms with Gasteiger partial charge in [0.1, 0.15) is 5.82 Å². The summed E-state index contributed by atoms with van der Waals surface area (Å²) in [4.78, 5) is 18.3. The van der Waals surface area contributed by atoms with Crippen molar-refractivity contribution >= 4 is 56.1 Å². The number of nitrogens with one attached hydrogen (secondary N) is 1. The molecule has 6 nitrogen and oxygen atoms in total. The molecule has 1 N–H and O–H groups in total. The minimum Gasteiger partial charge on any atom is -0.301 e. The zero-order chi connectivity index (χ0) is 23.3. The number of carbonyl (C=O) groups excluding carboxylic acids is 1. The molecule has 3 aromatic carbocycles. The Morgan fingerprint density at radius 3 is 2.50 bits per heavy atom. The standard InChI is InChI=1S/C25H21N5OS3/c1-17-11-13-19(14-12-17)32-15-22-28-29-25(30(22)18-7-3-2-4-8-18)33-16-23(31)27-24-26-20-9-5-6-10-21(20)34-24/h2-14H,15-16H2,1H3,(H,26,27,31). The summed E-state index contributed by atoms with van der Waals surface area (Å²) in [5.74, 6) is 1.60. The van der Waals surface area contributed by atoms with E-state index in [9.17, 15) is 4.79 Å². The first-order chi connectivity index (χ1) is 16.7. The van der Waals surface area contributed by atoms with Gasteiger partial charge in [-0.2, -0.15) is 0 Å². The lowest BCUT2D eigenvalue weighted by Crippen LogP contribution is -2.14. The van der Waals surface area contributed by atoms with Crippen LogP contribution in [0.3, 0.4) is 0 Å². The van der Waals surface area contributed by atoms with Crippen molar-refractivity contribution in [2.45, 2.75) is 22.7 Å². The Kier molecular flexibility index (Phi) is 6.94. The van der Waals surface area contributed by atoms with Gasteiger partial charge in [0.25, 0.3) is 0 Å². The SMILES string of the molecule is Cc1ccc(SCc2nnc(SCC(=O)Nc3nc4ccccc4s3)n2-c2ccccc2)cc1. The Hall–Kier alpha value is -3.14. The Labute approximate surface area is 209 Å². The highest BCUT2D eigenvalue weighted by molar-refractivity contribution is 7.99. The molecule has 9 heteroatoms. The van der Waals surface area contributed by atoms with Crippen LogP contribution in [0.4, 0.5) is 5.13 Å². The third-order valence-corrected chi connectivity index (χ3v) is 7.87. The summed E-state index contributed by atoms with van der Waals surface area (Å²) < 4.78 is 3.07. The molecule has 0 aliphatic carbocycles. The van der Waals surface area contributed by atoms with Crippen molar-refractivity contribution in [1.82, 2.24) is 19.7 Å². The molecule has 0 aliphatic rings. The average Bonchev–Trinajstić information content (AvgIpc) is 3.46. The Balaban J connectivity index is 1.30. The maximum Gasteiger partial charge on any atom is 0.236 e. The van der Waals surface area contributed by atoms with Crippen LogP contribution in [0.2, 0.25) is 0 Å². The quantitative estimate of drug-likeness (QED) is 0.254. The molecule has 5 aromatic rings. The van der Waals surface area contributed by atoms with Crippen molar-refractivity contribution in [3.8, 4) is 5.69 Å². The molecule has 0 spiro atoms. The van der Waals surface area contributed by atoms with E-state index in [1.165, 1.54) is 33.6 Å². The number of fused-ring (bicyclic) bond motifs is 1. The van der Waals surface area contributed by atoms with Crippen molar-refractivity contribution in [2.24, 2.45) is 0 Å². The highest BCUT2D eigenvalue weighted by atomic mass is 32.2. The molecule has 0 saturated heterocycles. The van der Waals surface area contributed by atoms with Crippen molar-refractivity contribution in [3.05, 3.63) is 90.3 Å². The number of rotatable bonds is 8. The zero-order valence-electron chi connectivity index (χ0n) is 18.3. The van der Waals surface area contributed by atoms with Gasteiger partial charge >= 0.3 is 0 Å². The van der Waals surface area contributed by atoms with Gasteiger partial charge in [0, 0.05) is 10.6 Å². The van der Waals surface area contributed by atoms with Gasteiger partial charge in [-0.1, -0.05) is 71.1 Å². The fraction of sp³-hybridized carbons (Fsp3) is 0.120. The monoisotopic (exact) mass is 503 g/mol. The number of aromatic nitrogens is 4. The Morgan fingerprint density at radius 2 is 1.71 bits per heavy atom. The zero-order valence-corrected chi connectivity index (χ0v) is 20.8. The van der Waals surface area contributed by atoms with Crippen LogP contribution >= 0.6 is 34.9 Å². The van der Waals surface area contributed by atoms with Gasteiger partial charge in [-0.3, -0.25) is 9.36 Å². The van der Waals surface area contributed by atoms with Crippen LogP contribution in [0.25, 0.3) is 15.9 Å². The van der Waals surface area contributed by atoms with Gasteiger partial charge in [0.05, 0.1) is 21.7 Å². The van der Waals surface area contributed by atoms with Crippen LogP contribution in [-0.2, 0) is 10.5 Å². The van der Waals surface area contributed by atoms with E-state index in [4.69, 9.17) is 0 Å². The third-order valence-electron chi connectivity index (χ3n) is 4.98. The van der Waals surface area contributed by atoms with Crippen LogP contribution in [0.1, 0.15) is 11.4 Å². The molecule has 2 heterocycles. The van der Waals surface area contributed by atoms with Gasteiger partial charge in [-0.15, -0.1) is 22.0 Å². The summed E-state index contributed by atoms with van der Waals surface area (Å²) in [5.41, 5.74) is 3.09. The summed E-state index contributed by atoms with van der Waals surface area (Å²) in [6.45, 7) is 2.08. The van der Waals surface area contributed by atoms with E-state index in [0.29, 0.717) is 16.0 Å². The molecule has 34 heavy (non-hydrogen) atoms. The van der Waals surface area contributed by atoms with E-state index in [1.54, 1.807) is 11.8 Å². The number of carbonyl (C=O) groups is 1. The van der Waals surface area contributed by atoms with Crippen LogP contribution < -0.4 is 5.32 Å². The van der Waals surface area contributed by atoms with Gasteiger partial charge in [0.2, 0.25) is 5.91 Å². The Bertz CT molecular complexity index is 1380. The lowest BCUT2D eigenvalue weighted by atomic mass is 10.2. The molecule has 5 rings (SSSR count). The first-order valence-corrected chi connectivity index (χ1v) is 13.4. The van der Waals surface area contributed by atoms with Crippen molar-refractivity contribution in [2.75, 3.05) is 11.1 Å². The average molecular weight is 504 g/mol. The highest BCUT2D eigenvalue weighted by Crippen LogP contribution is 2.28. The van der Waals surface area contributed by atoms with E-state index in [2.05, 4.69) is 51.7 Å². The summed E-state index contributed by atoms with van der Waals surface area (Å²) in [6, 6.07) is 26.3. The van der Waals surface area contributed by atoms with Crippen LogP contribution in [0.15, 0.2) is 88.9 Å². The van der Waals surface area contributed by atoms with Crippen molar-refractivity contribution in [3.63, 3.8) is 0 Å². The molecule has 2 aromatic heterocycles. The van der Waals surface area contributed by atoms with E-state index in [0.717, 1.165) is 21.7 Å². The molecular weight excluding hydrogens is 483 g/mol. The van der Waals surface area contributed by atoms with Crippen molar-refractivity contribution in [1.29, 1.82) is 0 Å². The number of aryl methyl sites for hydroxylation is 1. The molecule has 0 atom stereocenters. The summed E-state index contributed by atoms with van der Waals surface area (Å²) in [7, 11) is 0. The first-order valence-electron chi connectivity index (χ1n) is 10.6. The van der Waals surface area contributed by atoms with Gasteiger partial charge < -0.3 is 5.32 Å². The minimum atomic E-state index is -0.123. The number of thiazole rings is 1. The second-order valence-corrected chi connectivity index (χ2v) is 10.5. The second kappa shape index (κ2) is 10.4. The predicted octanol–water partition coefficient (Wildman–Crippen LogP) is 6.21. The maximum atomic E-state index is 12.6. The lowest BCUT2D eigenvalue weighted by molar-refractivity contribution is -0.113. The fourth-order valence-corrected chi connectivity index (χ4v) is 5.78. The number of hydrogen-bond donors (Lipinski definition) is 1. The third kappa shape index (κ3) is 5.32. The van der Waals surface area contributed by atoms with Gasteiger partial charge in [-0.05, 0) is 43.3 Å². The largest absolute Gasteiger partial charge is 0.301 e. The number of amides is 1. The number of anilines is 1. The van der Waals surface area contributed by atoms with Crippen molar-refractivity contribution < 1.29 is 4.79 Å². The second-order valence-electron chi connectivity index (χ2n) is 7.50. The molecule has 0 fully saturated rings. The van der Waals surface area contributed by atoms with Crippen LogP contribution in [0, 0.1) is 6.92 Å². The molecule has 0 bridgehead atoms. The summed E-state index contributed by atoms with van der Waals surface area (Å²) >= 11 is 4.55. The van der Waals surface area contributed by atoms with E-state index in [-0.39, 0.29) is 11.7 Å². The summed E-state index contributed by atoms with van der Waals surface area (Å²) in [6.07, 6.45) is 0. The van der Waals surface area contributed by atoms with Crippen LogP contribution in [-0.4, -0.2) is 31.4 Å². The molecule has 1 amide bonds. The summed E-state index contributed by atoms with van der Waals surface area (Å²) in [5, 5.41) is 13.0. The van der Waals surface area contributed by atoms with Crippen LogP contribution in [0.5, 0.6) is 0 Å². The molecule has 0 radical (unpaired) electrons. The first kappa shape index (κ1) is 22.6. The Morgan fingerprint density at radius 1 is 0.941 bits per heavy atom. The number of benzene rings is 3. The smallest absolute Gasteiger partial charge is 0.236 e. The topological polar surface area (TPSA) is 72.7 Å². The predicted molar refractivity (Wildman–Crippen MR) is 141 cm³/mol. The lowest BCUT2D eigenvalue weighted by Gasteiger charge is -2.10. The molecular formula is C25H21N5OS3. The molecule has 0 unspecified atom stereocenters. The van der Waals surface area contributed by atoms with Gasteiger partial charge in [-0.25, -0.2) is 4.98 Å². The normalized spacial score (nSPS) is 11.1.